The predicted molar refractivity (Wildman–Crippen MR) is 77.5 cm³/mol. The number of hydrogen-bond donors (Lipinski definition) is 1. The molecule has 0 aliphatic heterocycles. The molecule has 0 spiro atoms. The molecule has 0 radical (unpaired) electrons. The van der Waals surface area contributed by atoms with Crippen molar-refractivity contribution in [3.8, 4) is 11.5 Å². The Balaban J connectivity index is 1.76. The van der Waals surface area contributed by atoms with Crippen molar-refractivity contribution in [2.24, 2.45) is 5.73 Å². The van der Waals surface area contributed by atoms with Crippen LogP contribution >= 0.6 is 0 Å². The lowest BCUT2D eigenvalue weighted by Gasteiger charge is -2.41. The van der Waals surface area contributed by atoms with Crippen molar-refractivity contribution in [1.82, 2.24) is 0 Å². The molecular weight excluding hydrogens is 234 g/mol. The van der Waals surface area contributed by atoms with Crippen molar-refractivity contribution >= 4 is 0 Å². The molecular formula is C17H19NO. The zero-order chi connectivity index (χ0) is 13.1. The minimum Gasteiger partial charge on any atom is -0.457 e. The lowest BCUT2D eigenvalue weighted by Crippen LogP contribution is -2.41. The predicted octanol–water partition coefficient (Wildman–Crippen LogP) is 3.86. The van der Waals surface area contributed by atoms with Crippen LogP contribution in [-0.2, 0) is 5.41 Å². The normalized spacial score (nSPS) is 16.7. The summed E-state index contributed by atoms with van der Waals surface area (Å²) < 4.78 is 5.80. The van der Waals surface area contributed by atoms with Gasteiger partial charge in [0.05, 0.1) is 0 Å². The molecule has 3 rings (SSSR count). The number of rotatable bonds is 4. The average molecular weight is 253 g/mol. The fourth-order valence-electron chi connectivity index (χ4n) is 2.72. The van der Waals surface area contributed by atoms with E-state index in [1.807, 2.05) is 42.5 Å². The van der Waals surface area contributed by atoms with Crippen LogP contribution in [0.25, 0.3) is 0 Å². The first kappa shape index (κ1) is 12.2. The molecule has 0 atom stereocenters. The first-order chi connectivity index (χ1) is 9.32. The Kier molecular flexibility index (Phi) is 3.26. The first-order valence-corrected chi connectivity index (χ1v) is 6.86. The van der Waals surface area contributed by atoms with E-state index in [1.165, 1.54) is 24.8 Å². The molecule has 0 aromatic heterocycles. The molecule has 1 aliphatic rings. The summed E-state index contributed by atoms with van der Waals surface area (Å²) >= 11 is 0. The summed E-state index contributed by atoms with van der Waals surface area (Å²) in [4.78, 5) is 0. The maximum absolute atomic E-state index is 5.93. The van der Waals surface area contributed by atoms with E-state index in [9.17, 15) is 0 Å². The third-order valence-electron chi connectivity index (χ3n) is 4.15. The molecule has 0 unspecified atom stereocenters. The second kappa shape index (κ2) is 5.06. The Labute approximate surface area is 114 Å². The van der Waals surface area contributed by atoms with Crippen LogP contribution in [0.3, 0.4) is 0 Å². The maximum Gasteiger partial charge on any atom is 0.127 e. The van der Waals surface area contributed by atoms with Crippen LogP contribution in [0, 0.1) is 0 Å². The number of ether oxygens (including phenoxy) is 1. The van der Waals surface area contributed by atoms with Gasteiger partial charge in [-0.2, -0.15) is 0 Å². The van der Waals surface area contributed by atoms with Gasteiger partial charge in [0, 0.05) is 12.0 Å². The Morgan fingerprint density at radius 3 is 2.05 bits per heavy atom. The minimum atomic E-state index is 0.227. The zero-order valence-electron chi connectivity index (χ0n) is 11.0. The second-order valence-electron chi connectivity index (χ2n) is 5.28. The van der Waals surface area contributed by atoms with Gasteiger partial charge in [-0.3, -0.25) is 0 Å². The summed E-state index contributed by atoms with van der Waals surface area (Å²) in [6.07, 6.45) is 3.71. The molecule has 2 N–H and O–H groups in total. The minimum absolute atomic E-state index is 0.227. The molecule has 0 heterocycles. The van der Waals surface area contributed by atoms with E-state index < -0.39 is 0 Å². The summed E-state index contributed by atoms with van der Waals surface area (Å²) in [5.41, 5.74) is 7.51. The lowest BCUT2D eigenvalue weighted by atomic mass is 9.64. The van der Waals surface area contributed by atoms with Gasteiger partial charge in [-0.15, -0.1) is 0 Å². The van der Waals surface area contributed by atoms with Crippen molar-refractivity contribution in [2.75, 3.05) is 6.54 Å². The Morgan fingerprint density at radius 2 is 1.53 bits per heavy atom. The molecule has 1 aliphatic carbocycles. The molecule has 2 heteroatoms. The third kappa shape index (κ3) is 2.36. The molecule has 2 aromatic rings. The standard InChI is InChI=1S/C17H19NO/c18-13-17(11-4-12-17)14-7-9-16(10-8-14)19-15-5-2-1-3-6-15/h1-3,5-10H,4,11-13,18H2. The van der Waals surface area contributed by atoms with Crippen LogP contribution in [-0.4, -0.2) is 6.54 Å². The fraction of sp³-hybridized carbons (Fsp3) is 0.294. The van der Waals surface area contributed by atoms with E-state index in [0.717, 1.165) is 18.0 Å². The highest BCUT2D eigenvalue weighted by molar-refractivity contribution is 5.37. The van der Waals surface area contributed by atoms with E-state index in [4.69, 9.17) is 10.5 Å². The Bertz CT molecular complexity index is 523. The molecule has 2 nitrogen and oxygen atoms in total. The van der Waals surface area contributed by atoms with Gasteiger partial charge in [0.15, 0.2) is 0 Å². The monoisotopic (exact) mass is 253 g/mol. The van der Waals surface area contributed by atoms with Crippen LogP contribution in [0.4, 0.5) is 0 Å². The van der Waals surface area contributed by atoms with Crippen LogP contribution in [0.1, 0.15) is 24.8 Å². The summed E-state index contributed by atoms with van der Waals surface area (Å²) in [7, 11) is 0. The van der Waals surface area contributed by atoms with Crippen molar-refractivity contribution < 1.29 is 4.74 Å². The fourth-order valence-corrected chi connectivity index (χ4v) is 2.72. The molecule has 1 saturated carbocycles. The lowest BCUT2D eigenvalue weighted by molar-refractivity contribution is 0.253. The van der Waals surface area contributed by atoms with Crippen molar-refractivity contribution in [3.63, 3.8) is 0 Å². The third-order valence-corrected chi connectivity index (χ3v) is 4.15. The quantitative estimate of drug-likeness (QED) is 0.898. The van der Waals surface area contributed by atoms with Gasteiger partial charge in [-0.25, -0.2) is 0 Å². The smallest absolute Gasteiger partial charge is 0.127 e. The summed E-state index contributed by atoms with van der Waals surface area (Å²) in [5.74, 6) is 1.74. The average Bonchev–Trinajstić information content (AvgIpc) is 2.41. The molecule has 98 valence electrons. The van der Waals surface area contributed by atoms with Gasteiger partial charge in [0.1, 0.15) is 11.5 Å². The maximum atomic E-state index is 5.93. The SMILES string of the molecule is NCC1(c2ccc(Oc3ccccc3)cc2)CCC1. The van der Waals surface area contributed by atoms with E-state index in [0.29, 0.717) is 0 Å². The number of nitrogens with two attached hydrogens (primary N) is 1. The summed E-state index contributed by atoms with van der Waals surface area (Å²) in [6, 6.07) is 18.2. The molecule has 2 aromatic carbocycles. The van der Waals surface area contributed by atoms with Gasteiger partial charge in [-0.05, 0) is 42.7 Å². The topological polar surface area (TPSA) is 35.2 Å². The van der Waals surface area contributed by atoms with E-state index >= 15 is 0 Å². The highest BCUT2D eigenvalue weighted by atomic mass is 16.5. The molecule has 0 bridgehead atoms. The van der Waals surface area contributed by atoms with Gasteiger partial charge in [-0.1, -0.05) is 36.8 Å². The summed E-state index contributed by atoms with van der Waals surface area (Å²) in [5, 5.41) is 0. The highest BCUT2D eigenvalue weighted by Crippen LogP contribution is 2.43. The number of para-hydroxylation sites is 1. The number of benzene rings is 2. The van der Waals surface area contributed by atoms with Crippen molar-refractivity contribution in [2.45, 2.75) is 24.7 Å². The van der Waals surface area contributed by atoms with Gasteiger partial charge < -0.3 is 10.5 Å². The number of hydrogen-bond acceptors (Lipinski definition) is 2. The van der Waals surface area contributed by atoms with Crippen LogP contribution < -0.4 is 10.5 Å². The van der Waals surface area contributed by atoms with E-state index in [2.05, 4.69) is 12.1 Å². The Morgan fingerprint density at radius 1 is 0.895 bits per heavy atom. The molecule has 0 amide bonds. The van der Waals surface area contributed by atoms with Gasteiger partial charge in [0.25, 0.3) is 0 Å². The molecule has 1 fully saturated rings. The summed E-state index contributed by atoms with van der Waals surface area (Å²) in [6.45, 7) is 0.742. The zero-order valence-corrected chi connectivity index (χ0v) is 11.0. The van der Waals surface area contributed by atoms with Crippen LogP contribution in [0.15, 0.2) is 54.6 Å². The van der Waals surface area contributed by atoms with Crippen LogP contribution in [0.2, 0.25) is 0 Å². The van der Waals surface area contributed by atoms with E-state index in [1.54, 1.807) is 0 Å². The molecule has 19 heavy (non-hydrogen) atoms. The van der Waals surface area contributed by atoms with Crippen molar-refractivity contribution in [3.05, 3.63) is 60.2 Å². The first-order valence-electron chi connectivity index (χ1n) is 6.86. The van der Waals surface area contributed by atoms with Crippen LogP contribution in [0.5, 0.6) is 11.5 Å². The largest absolute Gasteiger partial charge is 0.457 e. The highest BCUT2D eigenvalue weighted by Gasteiger charge is 2.37. The van der Waals surface area contributed by atoms with E-state index in [-0.39, 0.29) is 5.41 Å². The van der Waals surface area contributed by atoms with Crippen molar-refractivity contribution in [1.29, 1.82) is 0 Å². The molecule has 0 saturated heterocycles. The Hall–Kier alpha value is -1.80. The second-order valence-corrected chi connectivity index (χ2v) is 5.28. The van der Waals surface area contributed by atoms with Gasteiger partial charge >= 0.3 is 0 Å². The van der Waals surface area contributed by atoms with Gasteiger partial charge in [0.2, 0.25) is 0 Å².